The highest BCUT2D eigenvalue weighted by atomic mass is 16.5. The molecule has 0 aliphatic rings. The van der Waals surface area contributed by atoms with Gasteiger partial charge in [0.2, 0.25) is 0 Å². The molecule has 39 heavy (non-hydrogen) atoms. The van der Waals surface area contributed by atoms with Crippen LogP contribution >= 0.6 is 0 Å². The highest BCUT2D eigenvalue weighted by Gasteiger charge is 2.47. The standard InChI is InChI=1S/C33H42N2O4/c1-8-32(35(4)21-19-26-14-16-28(36-5)30(23-26)37-6)33(24(2)3,27-12-10-9-11-13-27)39-29-17-15-25(18-20-34)22-31(29)38-7/h9-17,22-24,32H,8,18-19,21H2,1-7H3. The van der Waals surface area contributed by atoms with E-state index in [1.807, 2.05) is 36.4 Å². The Morgan fingerprint density at radius 1 is 0.821 bits per heavy atom. The van der Waals surface area contributed by atoms with Gasteiger partial charge in [-0.25, -0.2) is 0 Å². The molecule has 0 aromatic heterocycles. The van der Waals surface area contributed by atoms with Crippen LogP contribution in [0.15, 0.2) is 66.7 Å². The Morgan fingerprint density at radius 2 is 1.41 bits per heavy atom. The number of rotatable bonds is 14. The fourth-order valence-electron chi connectivity index (χ4n) is 5.47. The number of benzene rings is 3. The van der Waals surface area contributed by atoms with Gasteiger partial charge in [0.1, 0.15) is 0 Å². The van der Waals surface area contributed by atoms with Gasteiger partial charge in [-0.05, 0) is 66.8 Å². The van der Waals surface area contributed by atoms with Crippen LogP contribution < -0.4 is 18.9 Å². The molecule has 0 spiro atoms. The van der Waals surface area contributed by atoms with E-state index in [0.29, 0.717) is 17.9 Å². The summed E-state index contributed by atoms with van der Waals surface area (Å²) in [4.78, 5) is 2.40. The molecule has 6 heteroatoms. The fourth-order valence-corrected chi connectivity index (χ4v) is 5.47. The molecule has 0 bridgehead atoms. The van der Waals surface area contributed by atoms with Gasteiger partial charge in [-0.1, -0.05) is 63.2 Å². The molecule has 0 amide bonds. The summed E-state index contributed by atoms with van der Waals surface area (Å²) in [6, 6.07) is 24.6. The summed E-state index contributed by atoms with van der Waals surface area (Å²) in [6.45, 7) is 7.48. The monoisotopic (exact) mass is 530 g/mol. The second-order valence-electron chi connectivity index (χ2n) is 10.1. The van der Waals surface area contributed by atoms with Crippen molar-refractivity contribution in [2.75, 3.05) is 34.9 Å². The molecule has 0 N–H and O–H groups in total. The van der Waals surface area contributed by atoms with Crippen molar-refractivity contribution in [2.24, 2.45) is 5.92 Å². The molecule has 0 aliphatic heterocycles. The summed E-state index contributed by atoms with van der Waals surface area (Å²) in [5, 5.41) is 9.17. The van der Waals surface area contributed by atoms with Gasteiger partial charge in [0.05, 0.1) is 39.9 Å². The van der Waals surface area contributed by atoms with Gasteiger partial charge in [0.15, 0.2) is 28.6 Å². The van der Waals surface area contributed by atoms with Crippen LogP contribution in [0.1, 0.15) is 43.9 Å². The zero-order chi connectivity index (χ0) is 28.4. The van der Waals surface area contributed by atoms with Crippen molar-refractivity contribution in [3.63, 3.8) is 0 Å². The van der Waals surface area contributed by atoms with Gasteiger partial charge in [-0.2, -0.15) is 5.26 Å². The molecule has 0 radical (unpaired) electrons. The third-order valence-corrected chi connectivity index (χ3v) is 7.49. The first-order chi connectivity index (χ1) is 18.8. The van der Waals surface area contributed by atoms with Crippen molar-refractivity contribution in [2.45, 2.75) is 51.7 Å². The van der Waals surface area contributed by atoms with Gasteiger partial charge in [-0.3, -0.25) is 4.90 Å². The van der Waals surface area contributed by atoms with Crippen LogP contribution in [0.2, 0.25) is 0 Å². The fraction of sp³-hybridized carbons (Fsp3) is 0.424. The molecule has 2 atom stereocenters. The highest BCUT2D eigenvalue weighted by Crippen LogP contribution is 2.44. The van der Waals surface area contributed by atoms with Gasteiger partial charge in [0, 0.05) is 6.54 Å². The normalized spacial score (nSPS) is 13.4. The maximum absolute atomic E-state index is 9.17. The summed E-state index contributed by atoms with van der Waals surface area (Å²) in [7, 11) is 7.13. The lowest BCUT2D eigenvalue weighted by atomic mass is 9.75. The Balaban J connectivity index is 2.01. The predicted octanol–water partition coefficient (Wildman–Crippen LogP) is 6.66. The minimum atomic E-state index is -0.660. The number of nitriles is 1. The first kappa shape index (κ1) is 29.9. The van der Waals surface area contributed by atoms with Crippen molar-refractivity contribution < 1.29 is 18.9 Å². The second kappa shape index (κ2) is 13.9. The van der Waals surface area contributed by atoms with Crippen molar-refractivity contribution in [3.05, 3.63) is 83.4 Å². The molecule has 0 fully saturated rings. The molecule has 3 rings (SSSR count). The van der Waals surface area contributed by atoms with Crippen molar-refractivity contribution in [1.82, 2.24) is 4.90 Å². The van der Waals surface area contributed by atoms with Crippen LogP contribution in [0.4, 0.5) is 0 Å². The van der Waals surface area contributed by atoms with E-state index in [2.05, 4.69) is 69.1 Å². The number of methoxy groups -OCH3 is 3. The molecule has 3 aromatic carbocycles. The summed E-state index contributed by atoms with van der Waals surface area (Å²) in [5.41, 5.74) is 2.54. The number of ether oxygens (including phenoxy) is 4. The van der Waals surface area contributed by atoms with Gasteiger partial charge in [0.25, 0.3) is 0 Å². The highest BCUT2D eigenvalue weighted by molar-refractivity contribution is 5.45. The number of likely N-dealkylation sites (N-methyl/N-ethyl adjacent to an activating group) is 1. The summed E-state index contributed by atoms with van der Waals surface area (Å²) < 4.78 is 23.8. The van der Waals surface area contributed by atoms with Crippen LogP contribution in [-0.4, -0.2) is 45.9 Å². The minimum Gasteiger partial charge on any atom is -0.493 e. The molecule has 3 aromatic rings. The van der Waals surface area contributed by atoms with Crippen LogP contribution in [-0.2, 0) is 18.4 Å². The number of hydrogen-bond acceptors (Lipinski definition) is 6. The van der Waals surface area contributed by atoms with E-state index in [1.54, 1.807) is 21.3 Å². The van der Waals surface area contributed by atoms with E-state index in [9.17, 15) is 5.26 Å². The Bertz CT molecular complexity index is 1240. The van der Waals surface area contributed by atoms with E-state index >= 15 is 0 Å². The van der Waals surface area contributed by atoms with E-state index in [1.165, 1.54) is 5.56 Å². The van der Waals surface area contributed by atoms with Crippen molar-refractivity contribution >= 4 is 0 Å². The van der Waals surface area contributed by atoms with E-state index < -0.39 is 5.60 Å². The first-order valence-corrected chi connectivity index (χ1v) is 13.5. The lowest BCUT2D eigenvalue weighted by molar-refractivity contribution is -0.0616. The Kier molecular flexibility index (Phi) is 10.7. The molecule has 6 nitrogen and oxygen atoms in total. The third kappa shape index (κ3) is 6.66. The summed E-state index contributed by atoms with van der Waals surface area (Å²) >= 11 is 0. The lowest BCUT2D eigenvalue weighted by Gasteiger charge is -2.48. The topological polar surface area (TPSA) is 64.0 Å². The van der Waals surface area contributed by atoms with Crippen LogP contribution in [0, 0.1) is 17.2 Å². The van der Waals surface area contributed by atoms with Gasteiger partial charge in [-0.15, -0.1) is 0 Å². The maximum Gasteiger partial charge on any atom is 0.162 e. The Labute approximate surface area is 234 Å². The molecular weight excluding hydrogens is 488 g/mol. The molecular formula is C33H42N2O4. The molecule has 208 valence electrons. The van der Waals surface area contributed by atoms with E-state index in [0.717, 1.165) is 42.0 Å². The Hall–Kier alpha value is -3.69. The van der Waals surface area contributed by atoms with Crippen molar-refractivity contribution in [1.29, 1.82) is 5.26 Å². The molecule has 2 unspecified atom stereocenters. The van der Waals surface area contributed by atoms with Gasteiger partial charge >= 0.3 is 0 Å². The second-order valence-corrected chi connectivity index (χ2v) is 10.1. The van der Waals surface area contributed by atoms with Crippen LogP contribution in [0.3, 0.4) is 0 Å². The van der Waals surface area contributed by atoms with Crippen molar-refractivity contribution in [3.8, 4) is 29.1 Å². The third-order valence-electron chi connectivity index (χ3n) is 7.49. The van der Waals surface area contributed by atoms with E-state index in [4.69, 9.17) is 18.9 Å². The quantitative estimate of drug-likeness (QED) is 0.232. The molecule has 0 heterocycles. The summed E-state index contributed by atoms with van der Waals surface area (Å²) in [6.07, 6.45) is 2.05. The number of nitrogens with zero attached hydrogens (tertiary/aromatic N) is 2. The largest absolute Gasteiger partial charge is 0.493 e. The zero-order valence-corrected chi connectivity index (χ0v) is 24.4. The van der Waals surface area contributed by atoms with Gasteiger partial charge < -0.3 is 18.9 Å². The smallest absolute Gasteiger partial charge is 0.162 e. The molecule has 0 aliphatic carbocycles. The average molecular weight is 531 g/mol. The number of hydrogen-bond donors (Lipinski definition) is 0. The van der Waals surface area contributed by atoms with Crippen LogP contribution in [0.25, 0.3) is 0 Å². The Morgan fingerprint density at radius 3 is 2.00 bits per heavy atom. The lowest BCUT2D eigenvalue weighted by Crippen LogP contribution is -2.56. The predicted molar refractivity (Wildman–Crippen MR) is 156 cm³/mol. The SMILES string of the molecule is CCC(N(C)CCc1ccc(OC)c(OC)c1)C(Oc1ccc(CC#N)cc1OC)(c1ccccc1)C(C)C. The van der Waals surface area contributed by atoms with Crippen LogP contribution in [0.5, 0.6) is 23.0 Å². The van der Waals surface area contributed by atoms with E-state index in [-0.39, 0.29) is 12.0 Å². The first-order valence-electron chi connectivity index (χ1n) is 13.5. The average Bonchev–Trinajstić information content (AvgIpc) is 2.96. The molecule has 0 saturated heterocycles. The minimum absolute atomic E-state index is 0.0588. The maximum atomic E-state index is 9.17. The zero-order valence-electron chi connectivity index (χ0n) is 24.4. The molecule has 0 saturated carbocycles. The summed E-state index contributed by atoms with van der Waals surface area (Å²) in [5.74, 6) is 2.90.